The molecule has 1 saturated heterocycles. The van der Waals surface area contributed by atoms with Crippen molar-refractivity contribution in [2.24, 2.45) is 0 Å². The van der Waals surface area contributed by atoms with Crippen molar-refractivity contribution in [1.82, 2.24) is 4.98 Å². The van der Waals surface area contributed by atoms with Crippen LogP contribution in [0.15, 0.2) is 16.7 Å². The van der Waals surface area contributed by atoms with Crippen molar-refractivity contribution in [3.8, 4) is 0 Å². The molecule has 4 nitrogen and oxygen atoms in total. The van der Waals surface area contributed by atoms with Gasteiger partial charge in [-0.15, -0.1) is 0 Å². The molecule has 0 N–H and O–H groups in total. The van der Waals surface area contributed by atoms with Crippen LogP contribution >= 0.6 is 15.9 Å². The third-order valence-corrected chi connectivity index (χ3v) is 3.50. The zero-order valence-electron chi connectivity index (χ0n) is 12.3. The van der Waals surface area contributed by atoms with Gasteiger partial charge in [-0.3, -0.25) is 0 Å². The van der Waals surface area contributed by atoms with Gasteiger partial charge < -0.3 is 9.64 Å². The molecule has 1 aromatic heterocycles. The van der Waals surface area contributed by atoms with Crippen LogP contribution in [0.4, 0.5) is 5.82 Å². The Hall–Kier alpha value is -1.10. The lowest BCUT2D eigenvalue weighted by molar-refractivity contribution is 0.00693. The van der Waals surface area contributed by atoms with Crippen molar-refractivity contribution in [3.05, 3.63) is 22.3 Å². The molecular formula is C15H21BrN2O2. The quantitative estimate of drug-likeness (QED) is 0.606. The van der Waals surface area contributed by atoms with Crippen molar-refractivity contribution in [2.45, 2.75) is 45.6 Å². The number of pyridine rings is 1. The molecule has 0 bridgehead atoms. The molecular weight excluding hydrogens is 320 g/mol. The highest BCUT2D eigenvalue weighted by Crippen LogP contribution is 2.23. The number of aromatic nitrogens is 1. The number of hydrogen-bond acceptors (Lipinski definition) is 4. The van der Waals surface area contributed by atoms with Gasteiger partial charge in [-0.1, -0.05) is 0 Å². The van der Waals surface area contributed by atoms with Crippen molar-refractivity contribution in [3.63, 3.8) is 0 Å². The number of piperidine rings is 1. The summed E-state index contributed by atoms with van der Waals surface area (Å²) in [7, 11) is 0. The molecule has 0 amide bonds. The minimum Gasteiger partial charge on any atom is -0.456 e. The lowest BCUT2D eigenvalue weighted by Crippen LogP contribution is -2.30. The lowest BCUT2D eigenvalue weighted by Gasteiger charge is -2.28. The molecule has 0 atom stereocenters. The Morgan fingerprint density at radius 3 is 2.50 bits per heavy atom. The second-order valence-electron chi connectivity index (χ2n) is 6.09. The first-order valence-electron chi connectivity index (χ1n) is 7.01. The fourth-order valence-corrected chi connectivity index (χ4v) is 2.65. The molecule has 1 aliphatic heterocycles. The number of carbonyl (C=O) groups is 1. The first-order valence-corrected chi connectivity index (χ1v) is 7.80. The van der Waals surface area contributed by atoms with Crippen LogP contribution in [0.5, 0.6) is 0 Å². The third-order valence-electron chi connectivity index (χ3n) is 3.10. The van der Waals surface area contributed by atoms with Crippen LogP contribution < -0.4 is 4.90 Å². The van der Waals surface area contributed by atoms with Crippen molar-refractivity contribution >= 4 is 27.7 Å². The van der Waals surface area contributed by atoms with E-state index in [2.05, 4.69) is 25.8 Å². The molecule has 0 aromatic carbocycles. The summed E-state index contributed by atoms with van der Waals surface area (Å²) in [5.74, 6) is 0.541. The van der Waals surface area contributed by atoms with E-state index in [0.29, 0.717) is 10.2 Å². The first-order chi connectivity index (χ1) is 9.35. The Kier molecular flexibility index (Phi) is 4.68. The topological polar surface area (TPSA) is 42.4 Å². The fourth-order valence-electron chi connectivity index (χ4n) is 2.22. The Morgan fingerprint density at radius 1 is 1.25 bits per heavy atom. The normalized spacial score (nSPS) is 16.1. The van der Waals surface area contributed by atoms with Crippen LogP contribution in [-0.4, -0.2) is 29.6 Å². The SMILES string of the molecule is CC(C)(C)OC(=O)c1cc(Br)nc(N2CCCCC2)c1. The Balaban J connectivity index is 2.21. The molecule has 0 spiro atoms. The number of carbonyl (C=O) groups excluding carboxylic acids is 1. The maximum absolute atomic E-state index is 12.2. The van der Waals surface area contributed by atoms with Crippen molar-refractivity contribution in [1.29, 1.82) is 0 Å². The molecule has 1 fully saturated rings. The molecule has 1 aliphatic rings. The Labute approximate surface area is 128 Å². The summed E-state index contributed by atoms with van der Waals surface area (Å²) >= 11 is 3.38. The average Bonchev–Trinajstić information content (AvgIpc) is 2.37. The maximum Gasteiger partial charge on any atom is 0.338 e. The van der Waals surface area contributed by atoms with E-state index in [1.165, 1.54) is 19.3 Å². The van der Waals surface area contributed by atoms with Crippen molar-refractivity contribution in [2.75, 3.05) is 18.0 Å². The van der Waals surface area contributed by atoms with Crippen LogP contribution in [0.3, 0.4) is 0 Å². The highest BCUT2D eigenvalue weighted by molar-refractivity contribution is 9.10. The van der Waals surface area contributed by atoms with E-state index in [1.54, 1.807) is 6.07 Å². The average molecular weight is 341 g/mol. The van der Waals surface area contributed by atoms with Gasteiger partial charge in [0.1, 0.15) is 16.0 Å². The van der Waals surface area contributed by atoms with E-state index < -0.39 is 5.60 Å². The number of halogens is 1. The second kappa shape index (κ2) is 6.12. The number of anilines is 1. The molecule has 0 saturated carbocycles. The molecule has 110 valence electrons. The highest BCUT2D eigenvalue weighted by Gasteiger charge is 2.20. The van der Waals surface area contributed by atoms with Gasteiger partial charge in [0.2, 0.25) is 0 Å². The number of rotatable bonds is 2. The van der Waals surface area contributed by atoms with Gasteiger partial charge in [0.25, 0.3) is 0 Å². The van der Waals surface area contributed by atoms with E-state index in [9.17, 15) is 4.79 Å². The van der Waals surface area contributed by atoms with Gasteiger partial charge in [0, 0.05) is 13.1 Å². The molecule has 1 aromatic rings. The zero-order chi connectivity index (χ0) is 14.8. The van der Waals surface area contributed by atoms with Crippen LogP contribution in [0.2, 0.25) is 0 Å². The smallest absolute Gasteiger partial charge is 0.338 e. The van der Waals surface area contributed by atoms with E-state index in [-0.39, 0.29) is 5.97 Å². The predicted molar refractivity (Wildman–Crippen MR) is 83.2 cm³/mol. The number of hydrogen-bond donors (Lipinski definition) is 0. The second-order valence-corrected chi connectivity index (χ2v) is 6.90. The molecule has 20 heavy (non-hydrogen) atoms. The van der Waals surface area contributed by atoms with Crippen LogP contribution in [0.1, 0.15) is 50.4 Å². The van der Waals surface area contributed by atoms with Crippen molar-refractivity contribution < 1.29 is 9.53 Å². The Bertz CT molecular complexity index is 491. The highest BCUT2D eigenvalue weighted by atomic mass is 79.9. The van der Waals surface area contributed by atoms with Crippen LogP contribution in [0.25, 0.3) is 0 Å². The minimum atomic E-state index is -0.488. The van der Waals surface area contributed by atoms with E-state index in [0.717, 1.165) is 18.9 Å². The summed E-state index contributed by atoms with van der Waals surface area (Å²) in [6, 6.07) is 3.53. The van der Waals surface area contributed by atoms with Gasteiger partial charge in [-0.05, 0) is 68.1 Å². The van der Waals surface area contributed by atoms with Gasteiger partial charge in [-0.2, -0.15) is 0 Å². The number of esters is 1. The predicted octanol–water partition coefficient (Wildman–Crippen LogP) is 3.79. The maximum atomic E-state index is 12.2. The van der Waals surface area contributed by atoms with Gasteiger partial charge in [0.05, 0.1) is 5.56 Å². The fraction of sp³-hybridized carbons (Fsp3) is 0.600. The summed E-state index contributed by atoms with van der Waals surface area (Å²) in [5.41, 5.74) is 0.0559. The standard InChI is InChI=1S/C15H21BrN2O2/c1-15(2,3)20-14(19)11-9-12(16)17-13(10-11)18-7-5-4-6-8-18/h9-10H,4-8H2,1-3H3. The van der Waals surface area contributed by atoms with E-state index in [1.807, 2.05) is 26.8 Å². The summed E-state index contributed by atoms with van der Waals surface area (Å²) in [5, 5.41) is 0. The van der Waals surface area contributed by atoms with Crippen LogP contribution in [-0.2, 0) is 4.74 Å². The molecule has 0 radical (unpaired) electrons. The molecule has 2 heterocycles. The van der Waals surface area contributed by atoms with E-state index >= 15 is 0 Å². The molecule has 2 rings (SSSR count). The summed E-state index contributed by atoms with van der Waals surface area (Å²) in [4.78, 5) is 18.9. The largest absolute Gasteiger partial charge is 0.456 e. The summed E-state index contributed by atoms with van der Waals surface area (Å²) in [6.07, 6.45) is 3.62. The zero-order valence-corrected chi connectivity index (χ0v) is 13.9. The lowest BCUT2D eigenvalue weighted by atomic mass is 10.1. The number of nitrogens with zero attached hydrogens (tertiary/aromatic N) is 2. The third kappa shape index (κ3) is 4.20. The monoisotopic (exact) mass is 340 g/mol. The van der Waals surface area contributed by atoms with E-state index in [4.69, 9.17) is 4.74 Å². The minimum absolute atomic E-state index is 0.307. The van der Waals surface area contributed by atoms with Gasteiger partial charge in [0.15, 0.2) is 0 Å². The molecule has 0 unspecified atom stereocenters. The molecule has 5 heteroatoms. The summed E-state index contributed by atoms with van der Waals surface area (Å²) < 4.78 is 6.08. The molecule has 0 aliphatic carbocycles. The van der Waals surface area contributed by atoms with Crippen LogP contribution in [0, 0.1) is 0 Å². The van der Waals surface area contributed by atoms with Gasteiger partial charge >= 0.3 is 5.97 Å². The number of ether oxygens (including phenoxy) is 1. The first kappa shape index (κ1) is 15.3. The summed E-state index contributed by atoms with van der Waals surface area (Å²) in [6.45, 7) is 7.60. The Morgan fingerprint density at radius 2 is 1.90 bits per heavy atom. The van der Waals surface area contributed by atoms with Gasteiger partial charge in [-0.25, -0.2) is 9.78 Å².